The molecule has 0 spiro atoms. The average Bonchev–Trinajstić information content (AvgIpc) is 2.83. The van der Waals surface area contributed by atoms with Crippen molar-refractivity contribution in [1.82, 2.24) is 5.32 Å². The lowest BCUT2D eigenvalue weighted by atomic mass is 9.94. The van der Waals surface area contributed by atoms with Gasteiger partial charge in [0, 0.05) is 30.7 Å². The smallest absolute Gasteiger partial charge is 0.126 e. The van der Waals surface area contributed by atoms with E-state index in [9.17, 15) is 0 Å². The van der Waals surface area contributed by atoms with E-state index in [1.165, 1.54) is 0 Å². The van der Waals surface area contributed by atoms with Crippen LogP contribution in [0, 0.1) is 5.92 Å². The van der Waals surface area contributed by atoms with Gasteiger partial charge in [0.25, 0.3) is 0 Å². The van der Waals surface area contributed by atoms with Gasteiger partial charge in [0.2, 0.25) is 0 Å². The van der Waals surface area contributed by atoms with Crippen LogP contribution in [0.25, 0.3) is 0 Å². The maximum absolute atomic E-state index is 6.34. The van der Waals surface area contributed by atoms with Crippen LogP contribution in [0.5, 0.6) is 5.75 Å². The molecule has 1 fully saturated rings. The zero-order valence-electron chi connectivity index (χ0n) is 11.8. The summed E-state index contributed by atoms with van der Waals surface area (Å²) in [5, 5.41) is 4.20. The lowest BCUT2D eigenvalue weighted by Gasteiger charge is -2.23. The van der Waals surface area contributed by atoms with Gasteiger partial charge in [0.1, 0.15) is 5.75 Å². The Labute approximate surface area is 120 Å². The van der Waals surface area contributed by atoms with Crippen LogP contribution < -0.4 is 10.1 Å². The van der Waals surface area contributed by atoms with Gasteiger partial charge < -0.3 is 14.8 Å². The molecule has 0 aromatic heterocycles. The Morgan fingerprint density at radius 2 is 2.26 bits per heavy atom. The van der Waals surface area contributed by atoms with Crippen molar-refractivity contribution in [3.63, 3.8) is 0 Å². The van der Waals surface area contributed by atoms with Crippen molar-refractivity contribution in [2.24, 2.45) is 5.92 Å². The molecule has 1 aromatic rings. The minimum absolute atomic E-state index is 0.0231. The normalized spacial score (nSPS) is 23.0. The molecule has 1 aliphatic heterocycles. The van der Waals surface area contributed by atoms with E-state index in [1.807, 2.05) is 18.2 Å². The summed E-state index contributed by atoms with van der Waals surface area (Å²) in [6.45, 7) is 6.03. The number of ether oxygens (including phenoxy) is 2. The Morgan fingerprint density at radius 3 is 2.95 bits per heavy atom. The first-order valence-electron chi connectivity index (χ1n) is 6.81. The minimum Gasteiger partial charge on any atom is -0.496 e. The Bertz CT molecular complexity index is 423. The number of methoxy groups -OCH3 is 1. The summed E-state index contributed by atoms with van der Waals surface area (Å²) in [6, 6.07) is 6.22. The molecule has 19 heavy (non-hydrogen) atoms. The predicted molar refractivity (Wildman–Crippen MR) is 77.9 cm³/mol. The van der Waals surface area contributed by atoms with E-state index >= 15 is 0 Å². The topological polar surface area (TPSA) is 30.5 Å². The number of nitrogens with one attached hydrogen (secondary N) is 1. The summed E-state index contributed by atoms with van der Waals surface area (Å²) in [7, 11) is 1.67. The molecule has 0 bridgehead atoms. The standard InChI is InChI=1S/C15H22ClNO2/c1-10(2)17-9-11-7-8-19-15(11)14-12(16)5-4-6-13(14)18-3/h4-6,10-11,15,17H,7-9H2,1-3H3. The molecule has 0 amide bonds. The van der Waals surface area contributed by atoms with Gasteiger partial charge in [-0.3, -0.25) is 0 Å². The number of halogens is 1. The zero-order chi connectivity index (χ0) is 13.8. The van der Waals surface area contributed by atoms with Gasteiger partial charge in [-0.15, -0.1) is 0 Å². The van der Waals surface area contributed by atoms with Crippen molar-refractivity contribution in [3.05, 3.63) is 28.8 Å². The van der Waals surface area contributed by atoms with Crippen LogP contribution in [0.3, 0.4) is 0 Å². The van der Waals surface area contributed by atoms with Gasteiger partial charge in [0.15, 0.2) is 0 Å². The molecule has 0 saturated carbocycles. The third-order valence-electron chi connectivity index (χ3n) is 3.52. The van der Waals surface area contributed by atoms with Crippen LogP contribution in [0.2, 0.25) is 5.02 Å². The number of benzene rings is 1. The summed E-state index contributed by atoms with van der Waals surface area (Å²) < 4.78 is 11.3. The highest BCUT2D eigenvalue weighted by Gasteiger charge is 2.33. The van der Waals surface area contributed by atoms with E-state index in [1.54, 1.807) is 7.11 Å². The fourth-order valence-electron chi connectivity index (χ4n) is 2.52. The van der Waals surface area contributed by atoms with Gasteiger partial charge in [0.05, 0.1) is 18.2 Å². The van der Waals surface area contributed by atoms with Crippen molar-refractivity contribution in [2.75, 3.05) is 20.3 Å². The van der Waals surface area contributed by atoms with Crippen molar-refractivity contribution in [2.45, 2.75) is 32.4 Å². The summed E-state index contributed by atoms with van der Waals surface area (Å²) in [5.74, 6) is 1.25. The Balaban J connectivity index is 2.20. The molecule has 1 aliphatic rings. The van der Waals surface area contributed by atoms with Gasteiger partial charge in [-0.2, -0.15) is 0 Å². The molecule has 1 saturated heterocycles. The fraction of sp³-hybridized carbons (Fsp3) is 0.600. The second-order valence-corrected chi connectivity index (χ2v) is 5.67. The lowest BCUT2D eigenvalue weighted by Crippen LogP contribution is -2.30. The highest BCUT2D eigenvalue weighted by atomic mass is 35.5. The van der Waals surface area contributed by atoms with E-state index in [0.717, 1.165) is 35.9 Å². The Morgan fingerprint density at radius 1 is 1.47 bits per heavy atom. The van der Waals surface area contributed by atoms with E-state index in [0.29, 0.717) is 12.0 Å². The van der Waals surface area contributed by atoms with E-state index in [2.05, 4.69) is 19.2 Å². The summed E-state index contributed by atoms with van der Waals surface area (Å²) >= 11 is 6.34. The second-order valence-electron chi connectivity index (χ2n) is 5.26. The monoisotopic (exact) mass is 283 g/mol. The molecule has 1 N–H and O–H groups in total. The number of rotatable bonds is 5. The first-order chi connectivity index (χ1) is 9.13. The first kappa shape index (κ1) is 14.6. The molecule has 4 heteroatoms. The Hall–Kier alpha value is -0.770. The van der Waals surface area contributed by atoms with Crippen LogP contribution in [-0.4, -0.2) is 26.3 Å². The molecule has 2 rings (SSSR count). The molecule has 0 radical (unpaired) electrons. The van der Waals surface area contributed by atoms with Crippen LogP contribution in [0.1, 0.15) is 31.9 Å². The molecule has 0 aliphatic carbocycles. The van der Waals surface area contributed by atoms with Gasteiger partial charge >= 0.3 is 0 Å². The van der Waals surface area contributed by atoms with Crippen molar-refractivity contribution in [3.8, 4) is 5.75 Å². The minimum atomic E-state index is 0.0231. The average molecular weight is 284 g/mol. The van der Waals surface area contributed by atoms with Crippen molar-refractivity contribution >= 4 is 11.6 Å². The zero-order valence-corrected chi connectivity index (χ0v) is 12.5. The summed E-state index contributed by atoms with van der Waals surface area (Å²) in [6.07, 6.45) is 1.08. The lowest BCUT2D eigenvalue weighted by molar-refractivity contribution is 0.0879. The molecule has 2 atom stereocenters. The van der Waals surface area contributed by atoms with Crippen LogP contribution in [0.4, 0.5) is 0 Å². The molecule has 1 heterocycles. The SMILES string of the molecule is COc1cccc(Cl)c1C1OCCC1CNC(C)C. The Kier molecular flexibility index (Phi) is 5.08. The number of hydrogen-bond acceptors (Lipinski definition) is 3. The second kappa shape index (κ2) is 6.60. The molecule has 3 nitrogen and oxygen atoms in total. The maximum atomic E-state index is 6.34. The molecular formula is C15H22ClNO2. The fourth-order valence-corrected chi connectivity index (χ4v) is 2.79. The summed E-state index contributed by atoms with van der Waals surface area (Å²) in [4.78, 5) is 0. The van der Waals surface area contributed by atoms with E-state index in [-0.39, 0.29) is 6.10 Å². The third-order valence-corrected chi connectivity index (χ3v) is 3.85. The largest absolute Gasteiger partial charge is 0.496 e. The number of hydrogen-bond donors (Lipinski definition) is 1. The van der Waals surface area contributed by atoms with Crippen LogP contribution >= 0.6 is 11.6 Å². The molecule has 106 valence electrons. The van der Waals surface area contributed by atoms with Gasteiger partial charge in [-0.05, 0) is 18.6 Å². The van der Waals surface area contributed by atoms with Crippen LogP contribution in [0.15, 0.2) is 18.2 Å². The summed E-state index contributed by atoms with van der Waals surface area (Å²) in [5.41, 5.74) is 0.986. The van der Waals surface area contributed by atoms with E-state index in [4.69, 9.17) is 21.1 Å². The third kappa shape index (κ3) is 3.41. The molecular weight excluding hydrogens is 262 g/mol. The van der Waals surface area contributed by atoms with Crippen molar-refractivity contribution < 1.29 is 9.47 Å². The molecule has 1 aromatic carbocycles. The van der Waals surface area contributed by atoms with E-state index < -0.39 is 0 Å². The first-order valence-corrected chi connectivity index (χ1v) is 7.18. The highest BCUT2D eigenvalue weighted by Crippen LogP contribution is 2.42. The quantitative estimate of drug-likeness (QED) is 0.898. The maximum Gasteiger partial charge on any atom is 0.126 e. The van der Waals surface area contributed by atoms with Crippen LogP contribution in [-0.2, 0) is 4.74 Å². The predicted octanol–water partition coefficient (Wildman–Crippen LogP) is 3.42. The van der Waals surface area contributed by atoms with Crippen molar-refractivity contribution in [1.29, 1.82) is 0 Å². The highest BCUT2D eigenvalue weighted by molar-refractivity contribution is 6.31. The van der Waals surface area contributed by atoms with Gasteiger partial charge in [-0.25, -0.2) is 0 Å². The molecule has 2 unspecified atom stereocenters. The van der Waals surface area contributed by atoms with Gasteiger partial charge in [-0.1, -0.05) is 31.5 Å².